The first-order valence-corrected chi connectivity index (χ1v) is 11.9. The first-order valence-electron chi connectivity index (χ1n) is 11.9. The van der Waals surface area contributed by atoms with Gasteiger partial charge in [0.1, 0.15) is 0 Å². The lowest BCUT2D eigenvalue weighted by Crippen LogP contribution is -2.57. The normalized spacial score (nSPS) is 26.0. The highest BCUT2D eigenvalue weighted by Gasteiger charge is 2.39. The van der Waals surface area contributed by atoms with Gasteiger partial charge in [0.05, 0.1) is 0 Å². The van der Waals surface area contributed by atoms with Crippen LogP contribution in [0, 0.1) is 0 Å². The van der Waals surface area contributed by atoms with Gasteiger partial charge in [-0.3, -0.25) is 0 Å². The second-order valence-corrected chi connectivity index (χ2v) is 12.9. The number of hydrogen-bond donors (Lipinski definition) is 2. The first kappa shape index (κ1) is 21.8. The third kappa shape index (κ3) is 4.75. The molecule has 2 nitrogen and oxygen atoms in total. The monoisotopic (exact) mass is 406 g/mol. The van der Waals surface area contributed by atoms with E-state index in [1.165, 1.54) is 47.6 Å². The summed E-state index contributed by atoms with van der Waals surface area (Å²) in [5, 5.41) is 10.4. The molecule has 0 unspecified atom stereocenters. The minimum Gasteiger partial charge on any atom is -0.307 e. The van der Waals surface area contributed by atoms with Gasteiger partial charge < -0.3 is 10.6 Å². The van der Waals surface area contributed by atoms with Crippen LogP contribution in [0.2, 0.25) is 0 Å². The highest BCUT2D eigenvalue weighted by atomic mass is 15.1. The Morgan fingerprint density at radius 1 is 0.533 bits per heavy atom. The van der Waals surface area contributed by atoms with E-state index in [0.29, 0.717) is 11.8 Å². The molecular weight excluding hydrogens is 364 g/mol. The molecule has 0 amide bonds. The number of rotatable bonds is 2. The van der Waals surface area contributed by atoms with Crippen LogP contribution in [-0.4, -0.2) is 22.2 Å². The molecule has 2 N–H and O–H groups in total. The van der Waals surface area contributed by atoms with Crippen LogP contribution in [0.3, 0.4) is 0 Å². The molecule has 0 aromatic heterocycles. The van der Waals surface area contributed by atoms with E-state index in [2.05, 4.69) is 102 Å². The third-order valence-electron chi connectivity index (χ3n) is 7.21. The largest absolute Gasteiger partial charge is 0.307 e. The Hall–Kier alpha value is -1.38. The van der Waals surface area contributed by atoms with Crippen LogP contribution < -0.4 is 10.6 Å². The Morgan fingerprint density at radius 2 is 0.833 bits per heavy atom. The van der Waals surface area contributed by atoms with Crippen LogP contribution in [0.4, 0.5) is 0 Å². The fourth-order valence-corrected chi connectivity index (χ4v) is 6.91. The average molecular weight is 407 g/mol. The Kier molecular flexibility index (Phi) is 5.15. The summed E-state index contributed by atoms with van der Waals surface area (Å²) in [6.07, 6.45) is 4.77. The molecule has 2 heteroatoms. The molecule has 2 aliphatic rings. The smallest absolute Gasteiger partial charge is 0.0135 e. The highest BCUT2D eigenvalue weighted by Crippen LogP contribution is 2.42. The molecule has 2 saturated heterocycles. The van der Waals surface area contributed by atoms with E-state index in [1.807, 2.05) is 0 Å². The van der Waals surface area contributed by atoms with E-state index in [9.17, 15) is 0 Å². The molecule has 0 saturated carbocycles. The van der Waals surface area contributed by atoms with Gasteiger partial charge in [0.25, 0.3) is 0 Å². The SMILES string of the molecule is CC1(C)CC(c2ccc3cc(C4CC(C)(C)NC(C)(C)C4)ccc3c2)CC(C)(C)N1. The van der Waals surface area contributed by atoms with Crippen molar-refractivity contribution < 1.29 is 0 Å². The minimum atomic E-state index is 0.180. The van der Waals surface area contributed by atoms with Crippen molar-refractivity contribution in [3.8, 4) is 0 Å². The van der Waals surface area contributed by atoms with E-state index in [4.69, 9.17) is 0 Å². The molecule has 2 aromatic carbocycles. The molecule has 2 aliphatic heterocycles. The number of benzene rings is 2. The summed E-state index contributed by atoms with van der Waals surface area (Å²) in [6, 6.07) is 14.4. The van der Waals surface area contributed by atoms with E-state index in [1.54, 1.807) is 0 Å². The summed E-state index contributed by atoms with van der Waals surface area (Å²) in [5.41, 5.74) is 3.73. The summed E-state index contributed by atoms with van der Waals surface area (Å²) < 4.78 is 0. The molecular formula is C28H42N2. The molecule has 0 aliphatic carbocycles. The predicted molar refractivity (Wildman–Crippen MR) is 130 cm³/mol. The lowest BCUT2D eigenvalue weighted by atomic mass is 9.72. The van der Waals surface area contributed by atoms with Crippen molar-refractivity contribution >= 4 is 10.8 Å². The van der Waals surface area contributed by atoms with E-state index < -0.39 is 0 Å². The van der Waals surface area contributed by atoms with Gasteiger partial charge in [-0.15, -0.1) is 0 Å². The number of nitrogens with one attached hydrogen (secondary N) is 2. The van der Waals surface area contributed by atoms with Gasteiger partial charge in [-0.2, -0.15) is 0 Å². The van der Waals surface area contributed by atoms with Gasteiger partial charge in [0, 0.05) is 22.2 Å². The molecule has 30 heavy (non-hydrogen) atoms. The van der Waals surface area contributed by atoms with Crippen LogP contribution in [0.25, 0.3) is 10.8 Å². The van der Waals surface area contributed by atoms with Crippen LogP contribution >= 0.6 is 0 Å². The van der Waals surface area contributed by atoms with Crippen LogP contribution in [0.5, 0.6) is 0 Å². The molecule has 2 fully saturated rings. The van der Waals surface area contributed by atoms with Crippen LogP contribution in [0.15, 0.2) is 36.4 Å². The summed E-state index contributed by atoms with van der Waals surface area (Å²) >= 11 is 0. The lowest BCUT2D eigenvalue weighted by molar-refractivity contribution is 0.161. The Morgan fingerprint density at radius 3 is 1.13 bits per heavy atom. The molecule has 0 atom stereocenters. The fraction of sp³-hybridized carbons (Fsp3) is 0.643. The zero-order chi connectivity index (χ0) is 21.9. The van der Waals surface area contributed by atoms with E-state index in [0.717, 1.165) is 0 Å². The van der Waals surface area contributed by atoms with E-state index in [-0.39, 0.29) is 22.2 Å². The Balaban J connectivity index is 1.62. The topological polar surface area (TPSA) is 24.1 Å². The zero-order valence-electron chi connectivity index (χ0n) is 20.4. The molecule has 0 radical (unpaired) electrons. The van der Waals surface area contributed by atoms with Crippen molar-refractivity contribution in [3.63, 3.8) is 0 Å². The van der Waals surface area contributed by atoms with Gasteiger partial charge in [-0.1, -0.05) is 36.4 Å². The second kappa shape index (κ2) is 7.07. The van der Waals surface area contributed by atoms with Crippen LogP contribution in [0.1, 0.15) is 104 Å². The Labute approximate surface area is 184 Å². The maximum atomic E-state index is 3.82. The zero-order valence-corrected chi connectivity index (χ0v) is 20.4. The molecule has 4 rings (SSSR count). The summed E-state index contributed by atoms with van der Waals surface area (Å²) in [4.78, 5) is 0. The molecule has 2 aromatic rings. The van der Waals surface area contributed by atoms with Crippen molar-refractivity contribution in [2.24, 2.45) is 0 Å². The van der Waals surface area contributed by atoms with Gasteiger partial charge >= 0.3 is 0 Å². The van der Waals surface area contributed by atoms with Gasteiger partial charge in [-0.05, 0) is 115 Å². The maximum absolute atomic E-state index is 3.82. The fourth-order valence-electron chi connectivity index (χ4n) is 6.91. The van der Waals surface area contributed by atoms with Gasteiger partial charge in [0.2, 0.25) is 0 Å². The van der Waals surface area contributed by atoms with Crippen LogP contribution in [-0.2, 0) is 0 Å². The van der Waals surface area contributed by atoms with Gasteiger partial charge in [-0.25, -0.2) is 0 Å². The Bertz CT molecular complexity index is 826. The molecule has 0 bridgehead atoms. The molecule has 0 spiro atoms. The highest BCUT2D eigenvalue weighted by molar-refractivity contribution is 5.84. The third-order valence-corrected chi connectivity index (χ3v) is 7.21. The average Bonchev–Trinajstić information content (AvgIpc) is 2.55. The first-order chi connectivity index (χ1) is 13.7. The molecule has 2 heterocycles. The van der Waals surface area contributed by atoms with Gasteiger partial charge in [0.15, 0.2) is 0 Å². The van der Waals surface area contributed by atoms with E-state index >= 15 is 0 Å². The minimum absolute atomic E-state index is 0.180. The predicted octanol–water partition coefficient (Wildman–Crippen LogP) is 6.89. The summed E-state index contributed by atoms with van der Waals surface area (Å²) in [6.45, 7) is 18.7. The number of hydrogen-bond acceptors (Lipinski definition) is 2. The quantitative estimate of drug-likeness (QED) is 0.567. The lowest BCUT2D eigenvalue weighted by Gasteiger charge is -2.47. The van der Waals surface area contributed by atoms with Crippen molar-refractivity contribution in [1.29, 1.82) is 0 Å². The van der Waals surface area contributed by atoms with Crippen molar-refractivity contribution in [2.75, 3.05) is 0 Å². The maximum Gasteiger partial charge on any atom is 0.0135 e. The standard InChI is InChI=1S/C28H42N2/c1-25(2)15-23(16-26(3,4)29-25)21-11-9-20-14-22(12-10-19(20)13-21)24-17-27(5,6)30-28(7,8)18-24/h9-14,23-24,29-30H,15-18H2,1-8H3. The van der Waals surface area contributed by atoms with Crippen molar-refractivity contribution in [2.45, 2.75) is 115 Å². The summed E-state index contributed by atoms with van der Waals surface area (Å²) in [5.74, 6) is 1.23. The second-order valence-electron chi connectivity index (χ2n) is 12.9. The molecule has 164 valence electrons. The summed E-state index contributed by atoms with van der Waals surface area (Å²) in [7, 11) is 0. The number of piperidine rings is 2. The van der Waals surface area contributed by atoms with Crippen molar-refractivity contribution in [3.05, 3.63) is 47.5 Å². The number of fused-ring (bicyclic) bond motifs is 1. The van der Waals surface area contributed by atoms with Crippen molar-refractivity contribution in [1.82, 2.24) is 10.6 Å².